The number of hydrogen-bond acceptors (Lipinski definition) is 8. The summed E-state index contributed by atoms with van der Waals surface area (Å²) >= 11 is 0. The summed E-state index contributed by atoms with van der Waals surface area (Å²) < 4.78 is 13.5. The van der Waals surface area contributed by atoms with Crippen LogP contribution in [0.1, 0.15) is 62.6 Å². The highest BCUT2D eigenvalue weighted by Gasteiger charge is 2.48. The molecule has 1 aliphatic carbocycles. The first-order chi connectivity index (χ1) is 17.3. The maximum absolute atomic E-state index is 12.7. The maximum atomic E-state index is 12.7. The van der Waals surface area contributed by atoms with Crippen molar-refractivity contribution in [3.8, 4) is 11.7 Å². The minimum atomic E-state index is 0.0178. The molecular weight excluding hydrogens is 468 g/mol. The van der Waals surface area contributed by atoms with Gasteiger partial charge in [-0.3, -0.25) is 10.1 Å². The van der Waals surface area contributed by atoms with Crippen LogP contribution in [0.25, 0.3) is 11.0 Å². The molecule has 0 radical (unpaired) electrons. The molecule has 3 aromatic heterocycles. The van der Waals surface area contributed by atoms with E-state index in [9.17, 15) is 5.21 Å². The second-order valence-corrected chi connectivity index (χ2v) is 11.3. The standard InChI is InChI=1S/C28H35N6O3/c1-15-12-19-20(28(7,8)18(4)27(19,5)6)14-21(15)36-24-11-10-23(37-24)34(35)32-30-22-13-16(2)25-17(3)31-33(9)26(25)29-22/h10-14,18,32H,1-9H3,(H,29,30)/q-1. The molecule has 0 amide bonds. The Hall–Kier alpha value is -3.56. The Balaban J connectivity index is 1.31. The Kier molecular flexibility index (Phi) is 5.76. The van der Waals surface area contributed by atoms with E-state index in [2.05, 4.69) is 67.8 Å². The Morgan fingerprint density at radius 1 is 1.03 bits per heavy atom. The number of aromatic nitrogens is 3. The van der Waals surface area contributed by atoms with Crippen LogP contribution in [0.3, 0.4) is 0 Å². The number of nitrogens with zero attached hydrogens (tertiary/aromatic N) is 4. The fourth-order valence-electron chi connectivity index (χ4n) is 5.70. The largest absolute Gasteiger partial charge is 0.740 e. The molecule has 0 spiro atoms. The van der Waals surface area contributed by atoms with E-state index in [1.165, 1.54) is 11.1 Å². The highest BCUT2D eigenvalue weighted by atomic mass is 16.6. The van der Waals surface area contributed by atoms with Gasteiger partial charge in [-0.1, -0.05) is 40.7 Å². The normalized spacial score (nSPS) is 17.7. The van der Waals surface area contributed by atoms with E-state index in [1.54, 1.807) is 16.8 Å². The van der Waals surface area contributed by atoms with Gasteiger partial charge in [0.05, 0.1) is 5.69 Å². The predicted octanol–water partition coefficient (Wildman–Crippen LogP) is 6.32. The molecule has 2 N–H and O–H groups in total. The van der Waals surface area contributed by atoms with Crippen molar-refractivity contribution in [2.45, 2.75) is 66.2 Å². The zero-order valence-corrected chi connectivity index (χ0v) is 23.0. The van der Waals surface area contributed by atoms with Crippen molar-refractivity contribution in [3.05, 3.63) is 63.5 Å². The lowest BCUT2D eigenvalue weighted by atomic mass is 9.71. The fraction of sp³-hybridized carbons (Fsp3) is 0.429. The third-order valence-electron chi connectivity index (χ3n) is 8.30. The number of hydrazine groups is 2. The van der Waals surface area contributed by atoms with Gasteiger partial charge in [-0.2, -0.15) is 10.6 Å². The number of rotatable bonds is 6. The summed E-state index contributed by atoms with van der Waals surface area (Å²) in [6.45, 7) is 17.5. The average Bonchev–Trinajstić information content (AvgIpc) is 3.44. The van der Waals surface area contributed by atoms with Gasteiger partial charge in [-0.15, -0.1) is 0 Å². The van der Waals surface area contributed by atoms with Gasteiger partial charge in [0.15, 0.2) is 5.65 Å². The number of anilines is 2. The number of aryl methyl sites for hydroxylation is 4. The van der Waals surface area contributed by atoms with Crippen molar-refractivity contribution < 1.29 is 9.15 Å². The number of ether oxygens (including phenoxy) is 1. The van der Waals surface area contributed by atoms with Gasteiger partial charge in [0, 0.05) is 24.6 Å². The third-order valence-corrected chi connectivity index (χ3v) is 8.30. The Bertz CT molecular complexity index is 1500. The van der Waals surface area contributed by atoms with Crippen LogP contribution in [0.4, 0.5) is 11.7 Å². The molecule has 0 saturated carbocycles. The second-order valence-electron chi connectivity index (χ2n) is 11.3. The van der Waals surface area contributed by atoms with E-state index >= 15 is 0 Å². The molecule has 5 rings (SSSR count). The topological polar surface area (TPSA) is 103 Å². The van der Waals surface area contributed by atoms with Gasteiger partial charge in [-0.25, -0.2) is 4.98 Å². The molecule has 0 bridgehead atoms. The van der Waals surface area contributed by atoms with Gasteiger partial charge in [0.25, 0.3) is 5.95 Å². The molecule has 9 nitrogen and oxygen atoms in total. The zero-order valence-electron chi connectivity index (χ0n) is 23.0. The zero-order chi connectivity index (χ0) is 26.9. The first-order valence-corrected chi connectivity index (χ1v) is 12.5. The van der Waals surface area contributed by atoms with Crippen molar-refractivity contribution in [2.75, 3.05) is 10.6 Å². The molecule has 0 saturated heterocycles. The molecule has 4 aromatic rings. The molecule has 3 heterocycles. The molecule has 1 atom stereocenters. The van der Waals surface area contributed by atoms with Crippen molar-refractivity contribution >= 4 is 22.7 Å². The van der Waals surface area contributed by atoms with Crippen LogP contribution in [0.2, 0.25) is 0 Å². The summed E-state index contributed by atoms with van der Waals surface area (Å²) in [6, 6.07) is 9.40. The summed E-state index contributed by atoms with van der Waals surface area (Å²) in [5, 5.41) is 18.6. The molecule has 9 heteroatoms. The van der Waals surface area contributed by atoms with Crippen molar-refractivity contribution in [3.63, 3.8) is 0 Å². The smallest absolute Gasteiger partial charge is 0.291 e. The minimum absolute atomic E-state index is 0.0178. The highest BCUT2D eigenvalue weighted by molar-refractivity contribution is 5.83. The highest BCUT2D eigenvalue weighted by Crippen LogP contribution is 2.55. The Morgan fingerprint density at radius 2 is 1.70 bits per heavy atom. The van der Waals surface area contributed by atoms with E-state index in [-0.39, 0.29) is 22.7 Å². The second kappa shape index (κ2) is 8.49. The third kappa shape index (κ3) is 4.02. The fourth-order valence-corrected chi connectivity index (χ4v) is 5.70. The first kappa shape index (κ1) is 25.1. The van der Waals surface area contributed by atoms with Crippen LogP contribution in [0.5, 0.6) is 11.7 Å². The lowest BCUT2D eigenvalue weighted by Crippen LogP contribution is -2.37. The molecule has 0 aliphatic heterocycles. The van der Waals surface area contributed by atoms with Crippen LogP contribution in [0, 0.1) is 31.9 Å². The number of pyridine rings is 1. The first-order valence-electron chi connectivity index (χ1n) is 12.5. The summed E-state index contributed by atoms with van der Waals surface area (Å²) in [5.74, 6) is 1.98. The monoisotopic (exact) mass is 503 g/mol. The van der Waals surface area contributed by atoms with Gasteiger partial charge in [0.1, 0.15) is 11.6 Å². The molecule has 196 valence electrons. The van der Waals surface area contributed by atoms with E-state index in [1.807, 2.05) is 33.9 Å². The average molecular weight is 504 g/mol. The van der Waals surface area contributed by atoms with E-state index in [0.717, 1.165) is 33.6 Å². The van der Waals surface area contributed by atoms with E-state index < -0.39 is 0 Å². The van der Waals surface area contributed by atoms with E-state index in [4.69, 9.17) is 9.15 Å². The lowest BCUT2D eigenvalue weighted by Gasteiger charge is -2.32. The van der Waals surface area contributed by atoms with Crippen molar-refractivity contribution in [2.24, 2.45) is 13.0 Å². The van der Waals surface area contributed by atoms with Crippen molar-refractivity contribution in [1.29, 1.82) is 0 Å². The Morgan fingerprint density at radius 3 is 2.41 bits per heavy atom. The van der Waals surface area contributed by atoms with Crippen LogP contribution in [-0.2, 0) is 17.9 Å². The number of hydrogen-bond donors (Lipinski definition) is 2. The summed E-state index contributed by atoms with van der Waals surface area (Å²) in [4.78, 5) is 4.55. The molecule has 1 aromatic carbocycles. The quantitative estimate of drug-likeness (QED) is 0.295. The number of fused-ring (bicyclic) bond motifs is 2. The van der Waals surface area contributed by atoms with Gasteiger partial charge >= 0.3 is 0 Å². The van der Waals surface area contributed by atoms with Crippen LogP contribution in [0.15, 0.2) is 34.7 Å². The predicted molar refractivity (Wildman–Crippen MR) is 146 cm³/mol. The molecule has 1 aliphatic rings. The van der Waals surface area contributed by atoms with Crippen LogP contribution in [-0.4, -0.2) is 14.8 Å². The maximum Gasteiger partial charge on any atom is 0.291 e. The van der Waals surface area contributed by atoms with Crippen LogP contribution >= 0.6 is 0 Å². The molecule has 37 heavy (non-hydrogen) atoms. The summed E-state index contributed by atoms with van der Waals surface area (Å²) in [7, 11) is 1.84. The van der Waals surface area contributed by atoms with Crippen LogP contribution < -0.4 is 20.9 Å². The number of nitrogens with one attached hydrogen (secondary N) is 2. The summed E-state index contributed by atoms with van der Waals surface area (Å²) in [5.41, 5.74) is 11.8. The molecular formula is C28H35N6O3-. The Labute approximate surface area is 217 Å². The van der Waals surface area contributed by atoms with Gasteiger partial charge < -0.3 is 19.5 Å². The van der Waals surface area contributed by atoms with E-state index in [0.29, 0.717) is 16.9 Å². The SMILES string of the molecule is Cc1cc2c(cc1Oc1ccc(N([O-])NNc3cc(C)c4c(C)nn(C)c4n3)o1)C(C)(C)C(C)C2(C)C. The van der Waals surface area contributed by atoms with Crippen molar-refractivity contribution in [1.82, 2.24) is 20.3 Å². The summed E-state index contributed by atoms with van der Waals surface area (Å²) in [6.07, 6.45) is 0. The van der Waals surface area contributed by atoms with Gasteiger partial charge in [0.2, 0.25) is 5.88 Å². The molecule has 1 unspecified atom stereocenters. The van der Waals surface area contributed by atoms with Gasteiger partial charge in [-0.05, 0) is 71.9 Å². The number of benzene rings is 1. The number of furan rings is 1. The minimum Gasteiger partial charge on any atom is -0.740 e. The lowest BCUT2D eigenvalue weighted by molar-refractivity contribution is 0.264. The molecule has 0 fully saturated rings.